The van der Waals surface area contributed by atoms with Crippen molar-refractivity contribution in [2.24, 2.45) is 11.3 Å². The number of thioether (sulfide) groups is 1. The van der Waals surface area contributed by atoms with Crippen molar-refractivity contribution < 1.29 is 9.59 Å². The zero-order valence-corrected chi connectivity index (χ0v) is 21.1. The van der Waals surface area contributed by atoms with Gasteiger partial charge in [-0.15, -0.1) is 11.8 Å². The van der Waals surface area contributed by atoms with Crippen LogP contribution in [0.5, 0.6) is 0 Å². The van der Waals surface area contributed by atoms with Gasteiger partial charge in [0.05, 0.1) is 5.75 Å². The molecular weight excluding hydrogens is 442 g/mol. The number of carbonyl (C=O) groups excluding carboxylic acids is 2. The zero-order valence-electron chi connectivity index (χ0n) is 19.5. The Hall–Kier alpha value is -1.76. The highest BCUT2D eigenvalue weighted by Crippen LogP contribution is 2.33. The van der Waals surface area contributed by atoms with Crippen LogP contribution in [-0.2, 0) is 9.59 Å². The van der Waals surface area contributed by atoms with Crippen LogP contribution in [0, 0.1) is 11.3 Å². The molecule has 1 aliphatic rings. The summed E-state index contributed by atoms with van der Waals surface area (Å²) in [6.07, 6.45) is 1.44. The Morgan fingerprint density at radius 3 is 2.47 bits per heavy atom. The lowest BCUT2D eigenvalue weighted by molar-refractivity contribution is -0.133. The Labute approximate surface area is 200 Å². The first kappa shape index (κ1) is 24.9. The van der Waals surface area contributed by atoms with E-state index < -0.39 is 0 Å². The number of fused-ring (bicyclic) bond motifs is 1. The highest BCUT2D eigenvalue weighted by Gasteiger charge is 2.28. The molecule has 0 aliphatic carbocycles. The monoisotopic (exact) mass is 475 g/mol. The number of hydrogen-bond donors (Lipinski definition) is 1. The molecule has 1 heterocycles. The van der Waals surface area contributed by atoms with Gasteiger partial charge in [0.2, 0.25) is 11.8 Å². The second-order valence-electron chi connectivity index (χ2n) is 9.66. The predicted octanol–water partition coefficient (Wildman–Crippen LogP) is 4.53. The standard InChI is InChI=1S/C25H34ClN3O2S/c1-25(2,17-28(3)4)16-27-24(31)19-11-13-29(14-12-19)22(30)15-32-21-10-6-8-18-7-5-9-20(26)23(18)21/h5-10,19H,11-17H2,1-4H3,(H,27,31). The van der Waals surface area contributed by atoms with Crippen molar-refractivity contribution in [3.63, 3.8) is 0 Å². The van der Waals surface area contributed by atoms with Crippen LogP contribution in [0.3, 0.4) is 0 Å². The summed E-state index contributed by atoms with van der Waals surface area (Å²) in [6, 6.07) is 11.9. The van der Waals surface area contributed by atoms with Crippen molar-refractivity contribution in [1.29, 1.82) is 0 Å². The van der Waals surface area contributed by atoms with Crippen LogP contribution in [0.25, 0.3) is 10.8 Å². The molecule has 0 unspecified atom stereocenters. The summed E-state index contributed by atoms with van der Waals surface area (Å²) in [5, 5.41) is 5.91. The molecule has 5 nitrogen and oxygen atoms in total. The van der Waals surface area contributed by atoms with E-state index in [1.165, 1.54) is 11.8 Å². The molecule has 7 heteroatoms. The average Bonchev–Trinajstić information content (AvgIpc) is 2.75. The number of halogens is 1. The second kappa shape index (κ2) is 10.9. The number of nitrogens with zero attached hydrogens (tertiary/aromatic N) is 2. The van der Waals surface area contributed by atoms with Crippen molar-refractivity contribution in [2.45, 2.75) is 31.6 Å². The van der Waals surface area contributed by atoms with E-state index in [9.17, 15) is 9.59 Å². The Morgan fingerprint density at radius 2 is 1.81 bits per heavy atom. The summed E-state index contributed by atoms with van der Waals surface area (Å²) in [4.78, 5) is 30.5. The maximum atomic E-state index is 12.8. The van der Waals surface area contributed by atoms with E-state index >= 15 is 0 Å². The van der Waals surface area contributed by atoms with E-state index in [2.05, 4.69) is 24.1 Å². The third-order valence-corrected chi connectivity index (χ3v) is 7.23. The molecule has 1 N–H and O–H groups in total. The van der Waals surface area contributed by atoms with Gasteiger partial charge < -0.3 is 15.1 Å². The normalized spacial score (nSPS) is 15.4. The summed E-state index contributed by atoms with van der Waals surface area (Å²) in [6.45, 7) is 7.17. The van der Waals surface area contributed by atoms with Crippen LogP contribution in [0.4, 0.5) is 0 Å². The molecule has 2 aromatic carbocycles. The van der Waals surface area contributed by atoms with Gasteiger partial charge in [-0.2, -0.15) is 0 Å². The molecule has 0 atom stereocenters. The van der Waals surface area contributed by atoms with E-state index in [0.29, 0.717) is 30.4 Å². The first-order valence-corrected chi connectivity index (χ1v) is 12.5. The van der Waals surface area contributed by atoms with E-state index in [1.54, 1.807) is 0 Å². The van der Waals surface area contributed by atoms with Crippen molar-refractivity contribution in [3.8, 4) is 0 Å². The molecule has 174 valence electrons. The maximum Gasteiger partial charge on any atom is 0.232 e. The number of piperidine rings is 1. The van der Waals surface area contributed by atoms with Gasteiger partial charge in [-0.05, 0) is 49.9 Å². The molecule has 0 bridgehead atoms. The quantitative estimate of drug-likeness (QED) is 0.570. The van der Waals surface area contributed by atoms with Crippen molar-refractivity contribution in [3.05, 3.63) is 41.4 Å². The molecule has 3 rings (SSSR count). The molecule has 0 radical (unpaired) electrons. The number of rotatable bonds is 8. The molecule has 0 spiro atoms. The fraction of sp³-hybridized carbons (Fsp3) is 0.520. The van der Waals surface area contributed by atoms with Gasteiger partial charge in [0.1, 0.15) is 0 Å². The second-order valence-corrected chi connectivity index (χ2v) is 11.1. The minimum absolute atomic E-state index is 0.0151. The molecule has 0 saturated carbocycles. The number of hydrogen-bond acceptors (Lipinski definition) is 4. The van der Waals surface area contributed by atoms with E-state index in [-0.39, 0.29) is 23.1 Å². The van der Waals surface area contributed by atoms with Gasteiger partial charge >= 0.3 is 0 Å². The summed E-state index contributed by atoms with van der Waals surface area (Å²) in [7, 11) is 4.09. The van der Waals surface area contributed by atoms with Crippen LogP contribution in [0.15, 0.2) is 41.3 Å². The summed E-state index contributed by atoms with van der Waals surface area (Å²) < 4.78 is 0. The SMILES string of the molecule is CN(C)CC(C)(C)CNC(=O)C1CCN(C(=O)CSc2cccc3cccc(Cl)c23)CC1. The molecule has 1 fully saturated rings. The average molecular weight is 476 g/mol. The van der Waals surface area contributed by atoms with Crippen LogP contribution in [-0.4, -0.2) is 67.6 Å². The minimum Gasteiger partial charge on any atom is -0.355 e. The molecule has 0 aromatic heterocycles. The smallest absolute Gasteiger partial charge is 0.232 e. The number of carbonyl (C=O) groups is 2. The van der Waals surface area contributed by atoms with Crippen molar-refractivity contribution in [1.82, 2.24) is 15.1 Å². The molecule has 1 saturated heterocycles. The Morgan fingerprint density at radius 1 is 1.16 bits per heavy atom. The maximum absolute atomic E-state index is 12.8. The lowest BCUT2D eigenvalue weighted by atomic mass is 9.91. The highest BCUT2D eigenvalue weighted by atomic mass is 35.5. The Bertz CT molecular complexity index is 950. The van der Waals surface area contributed by atoms with Crippen LogP contribution < -0.4 is 5.32 Å². The summed E-state index contributed by atoms with van der Waals surface area (Å²) in [5.41, 5.74) is 0.0254. The number of likely N-dealkylation sites (tertiary alicyclic amines) is 1. The fourth-order valence-corrected chi connectivity index (χ4v) is 5.74. The van der Waals surface area contributed by atoms with Gasteiger partial charge in [-0.25, -0.2) is 0 Å². The van der Waals surface area contributed by atoms with Crippen molar-refractivity contribution in [2.75, 3.05) is 46.0 Å². The number of amides is 2. The number of nitrogens with one attached hydrogen (secondary N) is 1. The molecule has 1 aliphatic heterocycles. The highest BCUT2D eigenvalue weighted by molar-refractivity contribution is 8.00. The summed E-state index contributed by atoms with van der Waals surface area (Å²) in [5.74, 6) is 0.590. The Balaban J connectivity index is 1.47. The summed E-state index contributed by atoms with van der Waals surface area (Å²) >= 11 is 7.93. The van der Waals surface area contributed by atoms with Gasteiger partial charge in [0.15, 0.2) is 0 Å². The molecule has 2 amide bonds. The minimum atomic E-state index is -0.0151. The van der Waals surface area contributed by atoms with Crippen molar-refractivity contribution >= 4 is 45.9 Å². The van der Waals surface area contributed by atoms with Gasteiger partial charge in [-0.3, -0.25) is 9.59 Å². The van der Waals surface area contributed by atoms with Gasteiger partial charge in [0, 0.05) is 47.4 Å². The molecule has 2 aromatic rings. The largest absolute Gasteiger partial charge is 0.355 e. The van der Waals surface area contributed by atoms with Crippen LogP contribution in [0.1, 0.15) is 26.7 Å². The van der Waals surface area contributed by atoms with Gasteiger partial charge in [0.25, 0.3) is 0 Å². The van der Waals surface area contributed by atoms with Crippen LogP contribution >= 0.6 is 23.4 Å². The molecule has 32 heavy (non-hydrogen) atoms. The topological polar surface area (TPSA) is 52.7 Å². The third-order valence-electron chi connectivity index (χ3n) is 5.87. The first-order chi connectivity index (χ1) is 15.2. The lowest BCUT2D eigenvalue weighted by Gasteiger charge is -2.33. The van der Waals surface area contributed by atoms with E-state index in [1.807, 2.05) is 55.4 Å². The zero-order chi connectivity index (χ0) is 23.3. The van der Waals surface area contributed by atoms with E-state index in [0.717, 1.165) is 35.1 Å². The van der Waals surface area contributed by atoms with Crippen LogP contribution in [0.2, 0.25) is 5.02 Å². The fourth-order valence-electron chi connectivity index (χ4n) is 4.39. The third kappa shape index (κ3) is 6.63. The lowest BCUT2D eigenvalue weighted by Crippen LogP contribution is -2.46. The van der Waals surface area contributed by atoms with Gasteiger partial charge in [-0.1, -0.05) is 49.7 Å². The number of benzene rings is 2. The predicted molar refractivity (Wildman–Crippen MR) is 134 cm³/mol. The van der Waals surface area contributed by atoms with E-state index in [4.69, 9.17) is 11.6 Å². The Kier molecular flexibility index (Phi) is 8.48. The molecular formula is C25H34ClN3O2S. The first-order valence-electron chi connectivity index (χ1n) is 11.2.